The summed E-state index contributed by atoms with van der Waals surface area (Å²) in [6.07, 6.45) is 0. The lowest BCUT2D eigenvalue weighted by atomic mass is 10.1. The summed E-state index contributed by atoms with van der Waals surface area (Å²) in [5.41, 5.74) is 7.07. The van der Waals surface area contributed by atoms with E-state index in [0.29, 0.717) is 10.8 Å². The molecule has 0 saturated heterocycles. The number of pyridine rings is 1. The number of rotatable bonds is 4. The van der Waals surface area contributed by atoms with E-state index < -0.39 is 17.0 Å². The van der Waals surface area contributed by atoms with Gasteiger partial charge in [0.05, 0.1) is 11.3 Å². The Morgan fingerprint density at radius 2 is 1.86 bits per heavy atom. The third-order valence-corrected chi connectivity index (χ3v) is 5.82. The lowest BCUT2D eigenvalue weighted by Gasteiger charge is -2.10. The molecule has 0 amide bonds. The van der Waals surface area contributed by atoms with Gasteiger partial charge in [0.25, 0.3) is 5.56 Å². The third kappa shape index (κ3) is 2.92. The van der Waals surface area contributed by atoms with Gasteiger partial charge in [-0.2, -0.15) is 0 Å². The van der Waals surface area contributed by atoms with E-state index in [0.717, 1.165) is 37.4 Å². The molecule has 0 fully saturated rings. The average molecular weight is 410 g/mol. The molecule has 3 heterocycles. The van der Waals surface area contributed by atoms with Crippen LogP contribution in [0, 0.1) is 6.92 Å². The minimum absolute atomic E-state index is 0.0688. The van der Waals surface area contributed by atoms with E-state index in [1.807, 2.05) is 41.7 Å². The SMILES string of the molecule is Cc1cc2nnc(SCC(=O)c3c(N)n(C)c(=O)n(C)c3=O)n2c2ccccc12. The molecule has 0 unspecified atom stereocenters. The Kier molecular flexibility index (Phi) is 4.50. The third-order valence-electron chi connectivity index (χ3n) is 4.89. The van der Waals surface area contributed by atoms with E-state index in [-0.39, 0.29) is 17.1 Å². The second kappa shape index (κ2) is 6.89. The minimum atomic E-state index is -0.705. The number of para-hydroxylation sites is 1. The van der Waals surface area contributed by atoms with Gasteiger partial charge in [0.1, 0.15) is 11.4 Å². The monoisotopic (exact) mass is 410 g/mol. The number of carbonyl (C=O) groups is 1. The summed E-state index contributed by atoms with van der Waals surface area (Å²) in [4.78, 5) is 37.1. The molecule has 0 aliphatic heterocycles. The number of benzene rings is 1. The van der Waals surface area contributed by atoms with Gasteiger partial charge >= 0.3 is 5.69 Å². The number of nitrogens with two attached hydrogens (primary N) is 1. The number of ketones is 1. The number of aromatic nitrogens is 5. The molecular weight excluding hydrogens is 392 g/mol. The van der Waals surface area contributed by atoms with Crippen LogP contribution in [0.25, 0.3) is 16.6 Å². The highest BCUT2D eigenvalue weighted by Gasteiger charge is 2.21. The van der Waals surface area contributed by atoms with Gasteiger partial charge < -0.3 is 5.73 Å². The lowest BCUT2D eigenvalue weighted by molar-refractivity contribution is 0.102. The highest BCUT2D eigenvalue weighted by Crippen LogP contribution is 2.26. The van der Waals surface area contributed by atoms with Crippen molar-refractivity contribution in [3.63, 3.8) is 0 Å². The zero-order chi connectivity index (χ0) is 20.9. The summed E-state index contributed by atoms with van der Waals surface area (Å²) < 4.78 is 3.83. The van der Waals surface area contributed by atoms with Gasteiger partial charge in [-0.3, -0.25) is 23.1 Å². The van der Waals surface area contributed by atoms with Gasteiger partial charge in [0.15, 0.2) is 16.6 Å². The Morgan fingerprint density at radius 1 is 1.14 bits per heavy atom. The summed E-state index contributed by atoms with van der Waals surface area (Å²) in [5, 5.41) is 9.99. The van der Waals surface area contributed by atoms with Gasteiger partial charge in [-0.15, -0.1) is 10.2 Å². The van der Waals surface area contributed by atoms with Crippen molar-refractivity contribution in [1.82, 2.24) is 23.7 Å². The van der Waals surface area contributed by atoms with Gasteiger partial charge in [0.2, 0.25) is 0 Å². The Balaban J connectivity index is 1.73. The van der Waals surface area contributed by atoms with Crippen LogP contribution in [0.5, 0.6) is 0 Å². The molecule has 3 aromatic heterocycles. The normalized spacial score (nSPS) is 11.4. The fourth-order valence-electron chi connectivity index (χ4n) is 3.29. The van der Waals surface area contributed by atoms with Crippen LogP contribution in [0.15, 0.2) is 45.1 Å². The molecule has 0 aliphatic carbocycles. The topological polar surface area (TPSA) is 117 Å². The number of anilines is 1. The lowest BCUT2D eigenvalue weighted by Crippen LogP contribution is -2.41. The molecule has 0 aliphatic rings. The number of nitrogens with zero attached hydrogens (tertiary/aromatic N) is 5. The summed E-state index contributed by atoms with van der Waals surface area (Å²) in [5.74, 6) is -0.687. The molecular formula is C19H18N6O3S. The molecule has 9 nitrogen and oxygen atoms in total. The van der Waals surface area contributed by atoms with E-state index in [2.05, 4.69) is 10.2 Å². The van der Waals surface area contributed by atoms with Crippen molar-refractivity contribution >= 4 is 39.9 Å². The Bertz CT molecular complexity index is 1420. The first-order chi connectivity index (χ1) is 13.8. The number of thioether (sulfide) groups is 1. The van der Waals surface area contributed by atoms with E-state index in [9.17, 15) is 14.4 Å². The Hall–Kier alpha value is -3.40. The number of aryl methyl sites for hydroxylation is 1. The van der Waals surface area contributed by atoms with Crippen molar-refractivity contribution in [2.24, 2.45) is 14.1 Å². The van der Waals surface area contributed by atoms with Crippen LogP contribution >= 0.6 is 11.8 Å². The van der Waals surface area contributed by atoms with Gasteiger partial charge in [0, 0.05) is 19.5 Å². The zero-order valence-electron chi connectivity index (χ0n) is 16.0. The first-order valence-corrected chi connectivity index (χ1v) is 9.74. The number of carbonyl (C=O) groups excluding carboxylic acids is 1. The molecule has 0 saturated carbocycles. The highest BCUT2D eigenvalue weighted by atomic mass is 32.2. The molecule has 0 atom stereocenters. The van der Waals surface area contributed by atoms with Crippen molar-refractivity contribution in [3.8, 4) is 0 Å². The second-order valence-corrected chi connectivity index (χ2v) is 7.64. The molecule has 0 spiro atoms. The molecule has 148 valence electrons. The van der Waals surface area contributed by atoms with E-state index in [4.69, 9.17) is 5.73 Å². The zero-order valence-corrected chi connectivity index (χ0v) is 16.9. The Morgan fingerprint density at radius 3 is 2.62 bits per heavy atom. The van der Waals surface area contributed by atoms with Crippen LogP contribution < -0.4 is 17.0 Å². The fourth-order valence-corrected chi connectivity index (χ4v) is 4.12. The van der Waals surface area contributed by atoms with Crippen LogP contribution in [0.2, 0.25) is 0 Å². The quantitative estimate of drug-likeness (QED) is 0.396. The van der Waals surface area contributed by atoms with E-state index in [1.54, 1.807) is 0 Å². The summed E-state index contributed by atoms with van der Waals surface area (Å²) in [7, 11) is 2.73. The largest absolute Gasteiger partial charge is 0.384 e. The van der Waals surface area contributed by atoms with Gasteiger partial charge in [-0.05, 0) is 24.6 Å². The summed E-state index contributed by atoms with van der Waals surface area (Å²) in [6, 6.07) is 9.79. The van der Waals surface area contributed by atoms with Crippen molar-refractivity contribution in [2.45, 2.75) is 12.1 Å². The molecule has 1 aromatic carbocycles. The van der Waals surface area contributed by atoms with Crippen LogP contribution in [-0.2, 0) is 14.1 Å². The molecule has 4 rings (SSSR count). The first kappa shape index (κ1) is 18.9. The van der Waals surface area contributed by atoms with Gasteiger partial charge in [-0.25, -0.2) is 4.79 Å². The number of fused-ring (bicyclic) bond motifs is 3. The molecule has 29 heavy (non-hydrogen) atoms. The van der Waals surface area contributed by atoms with Gasteiger partial charge in [-0.1, -0.05) is 30.0 Å². The Labute approximate surface area is 168 Å². The maximum absolute atomic E-state index is 12.8. The number of Topliss-reactive ketones (excluding diaryl/α,β-unsaturated/α-hetero) is 1. The van der Waals surface area contributed by atoms with E-state index >= 15 is 0 Å². The van der Waals surface area contributed by atoms with Crippen molar-refractivity contribution < 1.29 is 4.79 Å². The average Bonchev–Trinajstić information content (AvgIpc) is 3.12. The molecule has 2 N–H and O–H groups in total. The predicted molar refractivity (Wildman–Crippen MR) is 112 cm³/mol. The first-order valence-electron chi connectivity index (χ1n) is 8.76. The number of hydrogen-bond acceptors (Lipinski definition) is 7. The number of hydrogen-bond donors (Lipinski definition) is 1. The maximum Gasteiger partial charge on any atom is 0.332 e. The van der Waals surface area contributed by atoms with Crippen LogP contribution in [0.1, 0.15) is 15.9 Å². The summed E-state index contributed by atoms with van der Waals surface area (Å²) >= 11 is 1.16. The van der Waals surface area contributed by atoms with E-state index in [1.165, 1.54) is 14.1 Å². The standard InChI is InChI=1S/C19H18N6O3S/c1-10-8-14-21-22-18(25(14)12-7-5-4-6-11(10)12)29-9-13(26)15-16(20)23(2)19(28)24(3)17(15)27/h4-8H,9,20H2,1-3H3. The van der Waals surface area contributed by atoms with Crippen LogP contribution in [0.3, 0.4) is 0 Å². The van der Waals surface area contributed by atoms with Crippen molar-refractivity contribution in [3.05, 3.63) is 62.3 Å². The minimum Gasteiger partial charge on any atom is -0.384 e. The molecule has 0 bridgehead atoms. The van der Waals surface area contributed by atoms with Crippen molar-refractivity contribution in [1.29, 1.82) is 0 Å². The van der Waals surface area contributed by atoms with Crippen LogP contribution in [0.4, 0.5) is 5.82 Å². The molecule has 4 aromatic rings. The maximum atomic E-state index is 12.8. The highest BCUT2D eigenvalue weighted by molar-refractivity contribution is 7.99. The second-order valence-electron chi connectivity index (χ2n) is 6.70. The van der Waals surface area contributed by atoms with Crippen molar-refractivity contribution in [2.75, 3.05) is 11.5 Å². The summed E-state index contributed by atoms with van der Waals surface area (Å²) in [6.45, 7) is 2.01. The fraction of sp³-hybridized carbons (Fsp3) is 0.211. The predicted octanol–water partition coefficient (Wildman–Crippen LogP) is 1.15. The van der Waals surface area contributed by atoms with Crippen LogP contribution in [-0.4, -0.2) is 35.3 Å². The smallest absolute Gasteiger partial charge is 0.332 e. The number of nitrogen functional groups attached to an aromatic ring is 1. The molecule has 10 heteroatoms. The molecule has 0 radical (unpaired) electrons.